The van der Waals surface area contributed by atoms with Gasteiger partial charge in [0.1, 0.15) is 0 Å². The molecule has 1 saturated carbocycles. The molecule has 0 spiro atoms. The van der Waals surface area contributed by atoms with E-state index in [4.69, 9.17) is 0 Å². The molecule has 1 aliphatic rings. The van der Waals surface area contributed by atoms with Crippen molar-refractivity contribution in [2.24, 2.45) is 5.92 Å². The van der Waals surface area contributed by atoms with E-state index in [9.17, 15) is 9.90 Å². The van der Waals surface area contributed by atoms with Gasteiger partial charge in [-0.1, -0.05) is 19.3 Å². The number of aliphatic hydroxyl groups excluding tert-OH is 1. The molecule has 1 unspecified atom stereocenters. The summed E-state index contributed by atoms with van der Waals surface area (Å²) in [6, 6.07) is 0.273. The van der Waals surface area contributed by atoms with Crippen LogP contribution in [0, 0.1) is 5.92 Å². The lowest BCUT2D eigenvalue weighted by atomic mass is 9.89. The Morgan fingerprint density at radius 3 is 2.42 bits per heavy atom. The molecule has 19 heavy (non-hydrogen) atoms. The molecule has 1 fully saturated rings. The first kappa shape index (κ1) is 16.4. The van der Waals surface area contributed by atoms with E-state index in [1.165, 1.54) is 32.1 Å². The molecule has 2 N–H and O–H groups in total. The summed E-state index contributed by atoms with van der Waals surface area (Å²) in [5.74, 6) is 0.752. The standard InChI is InChI=1S/C15H30N2O2/c1-12(2)17(10-13(3)18)11-15(19)16-9-14-7-5-4-6-8-14/h12-14,18H,4-11H2,1-3H3,(H,16,19). The van der Waals surface area contributed by atoms with Crippen molar-refractivity contribution < 1.29 is 9.90 Å². The van der Waals surface area contributed by atoms with Crippen LogP contribution in [-0.4, -0.2) is 47.7 Å². The van der Waals surface area contributed by atoms with E-state index >= 15 is 0 Å². The number of hydrogen-bond acceptors (Lipinski definition) is 3. The first-order valence-electron chi connectivity index (χ1n) is 7.68. The van der Waals surface area contributed by atoms with Gasteiger partial charge < -0.3 is 10.4 Å². The second-order valence-corrected chi connectivity index (χ2v) is 6.18. The van der Waals surface area contributed by atoms with Crippen LogP contribution in [0.3, 0.4) is 0 Å². The van der Waals surface area contributed by atoms with E-state index < -0.39 is 6.10 Å². The molecule has 0 aromatic rings. The Balaban J connectivity index is 2.27. The Kier molecular flexibility index (Phi) is 7.39. The summed E-state index contributed by atoms with van der Waals surface area (Å²) in [6.07, 6.45) is 6.07. The molecule has 1 amide bonds. The number of amides is 1. The third-order valence-corrected chi connectivity index (χ3v) is 3.89. The molecule has 1 rings (SSSR count). The van der Waals surface area contributed by atoms with Gasteiger partial charge in [0.25, 0.3) is 0 Å². The molecule has 0 radical (unpaired) electrons. The zero-order valence-corrected chi connectivity index (χ0v) is 12.7. The fourth-order valence-corrected chi connectivity index (χ4v) is 2.69. The van der Waals surface area contributed by atoms with Gasteiger partial charge in [-0.05, 0) is 39.5 Å². The van der Waals surface area contributed by atoms with Gasteiger partial charge in [-0.2, -0.15) is 0 Å². The molecule has 1 atom stereocenters. The van der Waals surface area contributed by atoms with Crippen molar-refractivity contribution >= 4 is 5.91 Å². The molecule has 0 saturated heterocycles. The highest BCUT2D eigenvalue weighted by Gasteiger charge is 2.18. The third-order valence-electron chi connectivity index (χ3n) is 3.89. The van der Waals surface area contributed by atoms with Crippen LogP contribution in [0.4, 0.5) is 0 Å². The molecule has 0 aromatic heterocycles. The number of nitrogens with one attached hydrogen (secondary N) is 1. The number of carbonyl (C=O) groups is 1. The Hall–Kier alpha value is -0.610. The summed E-state index contributed by atoms with van der Waals surface area (Å²) in [7, 11) is 0. The van der Waals surface area contributed by atoms with E-state index in [2.05, 4.69) is 19.2 Å². The first-order valence-corrected chi connectivity index (χ1v) is 7.68. The van der Waals surface area contributed by atoms with E-state index in [-0.39, 0.29) is 11.9 Å². The van der Waals surface area contributed by atoms with Crippen LogP contribution in [0.1, 0.15) is 52.9 Å². The average Bonchev–Trinajstić information content (AvgIpc) is 2.36. The predicted octanol–water partition coefficient (Wildman–Crippen LogP) is 1.77. The molecule has 0 aromatic carbocycles. The molecule has 0 heterocycles. The van der Waals surface area contributed by atoms with Gasteiger partial charge in [0, 0.05) is 19.1 Å². The summed E-state index contributed by atoms with van der Waals surface area (Å²) in [5.41, 5.74) is 0. The number of carbonyl (C=O) groups excluding carboxylic acids is 1. The van der Waals surface area contributed by atoms with Crippen LogP contribution in [0.5, 0.6) is 0 Å². The lowest BCUT2D eigenvalue weighted by Gasteiger charge is -2.27. The number of nitrogens with zero attached hydrogens (tertiary/aromatic N) is 1. The van der Waals surface area contributed by atoms with E-state index in [0.29, 0.717) is 19.0 Å². The van der Waals surface area contributed by atoms with Crippen molar-refractivity contribution in [2.45, 2.75) is 65.0 Å². The minimum Gasteiger partial charge on any atom is -0.392 e. The highest BCUT2D eigenvalue weighted by Crippen LogP contribution is 2.22. The monoisotopic (exact) mass is 270 g/mol. The fraction of sp³-hybridized carbons (Fsp3) is 0.933. The first-order chi connectivity index (χ1) is 8.99. The Bertz CT molecular complexity index is 261. The quantitative estimate of drug-likeness (QED) is 0.741. The molecule has 4 nitrogen and oxygen atoms in total. The van der Waals surface area contributed by atoms with Gasteiger partial charge in [-0.3, -0.25) is 9.69 Å². The van der Waals surface area contributed by atoms with Crippen molar-refractivity contribution in [2.75, 3.05) is 19.6 Å². The summed E-state index contributed by atoms with van der Waals surface area (Å²) >= 11 is 0. The molecule has 112 valence electrons. The van der Waals surface area contributed by atoms with Gasteiger partial charge in [0.15, 0.2) is 0 Å². The third kappa shape index (κ3) is 6.92. The van der Waals surface area contributed by atoms with Crippen molar-refractivity contribution in [3.8, 4) is 0 Å². The van der Waals surface area contributed by atoms with Gasteiger partial charge in [-0.25, -0.2) is 0 Å². The second-order valence-electron chi connectivity index (χ2n) is 6.18. The van der Waals surface area contributed by atoms with Crippen molar-refractivity contribution in [1.29, 1.82) is 0 Å². The lowest BCUT2D eigenvalue weighted by molar-refractivity contribution is -0.123. The lowest BCUT2D eigenvalue weighted by Crippen LogP contribution is -2.44. The predicted molar refractivity (Wildman–Crippen MR) is 78.0 cm³/mol. The average molecular weight is 270 g/mol. The Labute approximate surface area is 117 Å². The fourth-order valence-electron chi connectivity index (χ4n) is 2.69. The molecule has 4 heteroatoms. The van der Waals surface area contributed by atoms with E-state index in [0.717, 1.165) is 6.54 Å². The molecule has 0 bridgehead atoms. The summed E-state index contributed by atoms with van der Waals surface area (Å²) < 4.78 is 0. The summed E-state index contributed by atoms with van der Waals surface area (Å²) in [4.78, 5) is 14.0. The maximum absolute atomic E-state index is 11.9. The Morgan fingerprint density at radius 2 is 1.89 bits per heavy atom. The summed E-state index contributed by atoms with van der Waals surface area (Å²) in [6.45, 7) is 7.62. The SMILES string of the molecule is CC(O)CN(CC(=O)NCC1CCCCC1)C(C)C. The maximum atomic E-state index is 11.9. The van der Waals surface area contributed by atoms with Crippen LogP contribution in [0.15, 0.2) is 0 Å². The van der Waals surface area contributed by atoms with Crippen LogP contribution in [0.25, 0.3) is 0 Å². The zero-order chi connectivity index (χ0) is 14.3. The van der Waals surface area contributed by atoms with E-state index in [1.807, 2.05) is 4.90 Å². The molecule has 0 aliphatic heterocycles. The highest BCUT2D eigenvalue weighted by atomic mass is 16.3. The minimum absolute atomic E-state index is 0.0833. The van der Waals surface area contributed by atoms with Crippen molar-refractivity contribution in [1.82, 2.24) is 10.2 Å². The van der Waals surface area contributed by atoms with Gasteiger partial charge in [-0.15, -0.1) is 0 Å². The van der Waals surface area contributed by atoms with Crippen LogP contribution >= 0.6 is 0 Å². The van der Waals surface area contributed by atoms with Crippen LogP contribution < -0.4 is 5.32 Å². The van der Waals surface area contributed by atoms with Crippen LogP contribution in [0.2, 0.25) is 0 Å². The molecule has 1 aliphatic carbocycles. The topological polar surface area (TPSA) is 52.6 Å². The summed E-state index contributed by atoms with van der Waals surface area (Å²) in [5, 5.41) is 12.5. The van der Waals surface area contributed by atoms with E-state index in [1.54, 1.807) is 6.92 Å². The highest BCUT2D eigenvalue weighted by molar-refractivity contribution is 5.78. The smallest absolute Gasteiger partial charge is 0.234 e. The maximum Gasteiger partial charge on any atom is 0.234 e. The zero-order valence-electron chi connectivity index (χ0n) is 12.7. The normalized spacial score (nSPS) is 18.8. The second kappa shape index (κ2) is 8.54. The van der Waals surface area contributed by atoms with Crippen molar-refractivity contribution in [3.05, 3.63) is 0 Å². The van der Waals surface area contributed by atoms with Gasteiger partial charge in [0.2, 0.25) is 5.91 Å². The van der Waals surface area contributed by atoms with Gasteiger partial charge in [0.05, 0.1) is 12.6 Å². The number of rotatable bonds is 7. The van der Waals surface area contributed by atoms with Crippen molar-refractivity contribution in [3.63, 3.8) is 0 Å². The largest absolute Gasteiger partial charge is 0.392 e. The Morgan fingerprint density at radius 1 is 1.26 bits per heavy atom. The molecular formula is C15H30N2O2. The molecular weight excluding hydrogens is 240 g/mol. The van der Waals surface area contributed by atoms with Crippen LogP contribution in [-0.2, 0) is 4.79 Å². The number of hydrogen-bond donors (Lipinski definition) is 2. The number of aliphatic hydroxyl groups is 1. The van der Waals surface area contributed by atoms with Gasteiger partial charge >= 0.3 is 0 Å². The minimum atomic E-state index is -0.395.